The van der Waals surface area contributed by atoms with Crippen LogP contribution in [0.3, 0.4) is 0 Å². The number of rotatable bonds is 9. The van der Waals surface area contributed by atoms with Gasteiger partial charge in [0.1, 0.15) is 12.1 Å². The number of methoxy groups -OCH3 is 1. The number of anilines is 4. The van der Waals surface area contributed by atoms with Gasteiger partial charge in [-0.1, -0.05) is 30.3 Å². The summed E-state index contributed by atoms with van der Waals surface area (Å²) in [6.07, 6.45) is 1.40. The van der Waals surface area contributed by atoms with Gasteiger partial charge in [0.05, 0.1) is 17.5 Å². The zero-order valence-corrected chi connectivity index (χ0v) is 19.0. The molecule has 2 aromatic heterocycles. The smallest absolute Gasteiger partial charge is 0.248 e. The number of nitrogens with zero attached hydrogens (tertiary/aromatic N) is 5. The van der Waals surface area contributed by atoms with Crippen molar-refractivity contribution in [1.82, 2.24) is 24.7 Å². The number of nitrogen functional groups attached to an aromatic ring is 1. The number of benzene rings is 2. The van der Waals surface area contributed by atoms with Crippen LogP contribution in [0.4, 0.5) is 23.4 Å². The molecule has 0 aliphatic carbocycles. The van der Waals surface area contributed by atoms with E-state index in [0.29, 0.717) is 23.9 Å². The minimum Gasteiger partial charge on any atom is -0.382 e. The minimum atomic E-state index is -3.78. The molecule has 4 rings (SSSR count). The maximum absolute atomic E-state index is 11.4. The molecule has 1 atom stereocenters. The third-order valence-electron chi connectivity index (χ3n) is 4.80. The Hall–Kier alpha value is -4.07. The van der Waals surface area contributed by atoms with Crippen LogP contribution in [0, 0.1) is 0 Å². The first-order valence-corrected chi connectivity index (χ1v) is 11.6. The van der Waals surface area contributed by atoms with Gasteiger partial charge >= 0.3 is 0 Å². The third-order valence-corrected chi connectivity index (χ3v) is 5.73. The second kappa shape index (κ2) is 9.82. The maximum Gasteiger partial charge on any atom is 0.248 e. The second-order valence-electron chi connectivity index (χ2n) is 7.22. The second-order valence-corrected chi connectivity index (χ2v) is 8.79. The van der Waals surface area contributed by atoms with Crippen molar-refractivity contribution in [2.24, 2.45) is 5.14 Å². The fourth-order valence-electron chi connectivity index (χ4n) is 3.20. The van der Waals surface area contributed by atoms with E-state index in [1.165, 1.54) is 23.1 Å². The zero-order valence-electron chi connectivity index (χ0n) is 18.2. The molecule has 0 amide bonds. The van der Waals surface area contributed by atoms with Crippen LogP contribution in [0.1, 0.15) is 11.6 Å². The van der Waals surface area contributed by atoms with Crippen LogP contribution in [0.15, 0.2) is 71.9 Å². The van der Waals surface area contributed by atoms with Crippen LogP contribution in [0.2, 0.25) is 0 Å². The van der Waals surface area contributed by atoms with Crippen molar-refractivity contribution >= 4 is 33.4 Å². The molecule has 6 N–H and O–H groups in total. The molecule has 0 unspecified atom stereocenters. The van der Waals surface area contributed by atoms with Crippen LogP contribution in [-0.2, 0) is 14.8 Å². The minimum absolute atomic E-state index is 0.000604. The highest BCUT2D eigenvalue weighted by Crippen LogP contribution is 2.22. The number of hydrogen-bond donors (Lipinski definition) is 4. The fraction of sp³-hybridized carbons (Fsp3) is 0.143. The first-order chi connectivity index (χ1) is 16.3. The molecule has 34 heavy (non-hydrogen) atoms. The molecule has 12 nitrogen and oxygen atoms in total. The third kappa shape index (κ3) is 5.46. The van der Waals surface area contributed by atoms with E-state index < -0.39 is 10.0 Å². The van der Waals surface area contributed by atoms with Gasteiger partial charge in [0.2, 0.25) is 21.9 Å². The van der Waals surface area contributed by atoms with E-state index in [0.717, 1.165) is 5.56 Å². The highest BCUT2D eigenvalue weighted by molar-refractivity contribution is 7.89. The van der Waals surface area contributed by atoms with Gasteiger partial charge in [-0.2, -0.15) is 9.67 Å². The van der Waals surface area contributed by atoms with Gasteiger partial charge < -0.3 is 21.1 Å². The SMILES string of the molecule is COC[C@H](Nc1cc(-n2nc(Nc3ccc(S(N)(=O)=O)cc3)nc2N)ncn1)c1ccccc1. The number of ether oxygens (including phenoxy) is 1. The van der Waals surface area contributed by atoms with E-state index in [9.17, 15) is 8.42 Å². The van der Waals surface area contributed by atoms with Gasteiger partial charge in [-0.3, -0.25) is 0 Å². The van der Waals surface area contributed by atoms with Gasteiger partial charge in [-0.25, -0.2) is 23.5 Å². The molecule has 0 spiro atoms. The quantitative estimate of drug-likeness (QED) is 0.276. The van der Waals surface area contributed by atoms with Crippen molar-refractivity contribution in [1.29, 1.82) is 0 Å². The summed E-state index contributed by atoms with van der Waals surface area (Å²) in [5.74, 6) is 1.27. The Morgan fingerprint density at radius 2 is 1.82 bits per heavy atom. The summed E-state index contributed by atoms with van der Waals surface area (Å²) < 4.78 is 29.5. The van der Waals surface area contributed by atoms with Gasteiger partial charge in [0, 0.05) is 18.9 Å². The summed E-state index contributed by atoms with van der Waals surface area (Å²) >= 11 is 0. The summed E-state index contributed by atoms with van der Waals surface area (Å²) in [4.78, 5) is 12.7. The average molecular weight is 482 g/mol. The van der Waals surface area contributed by atoms with Crippen molar-refractivity contribution in [2.75, 3.05) is 30.1 Å². The summed E-state index contributed by atoms with van der Waals surface area (Å²) in [5.41, 5.74) is 7.65. The Kier molecular flexibility index (Phi) is 6.67. The molecular formula is C21H23N9O3S. The number of aromatic nitrogens is 5. The van der Waals surface area contributed by atoms with E-state index in [4.69, 9.17) is 15.6 Å². The number of nitrogens with two attached hydrogens (primary N) is 2. The largest absolute Gasteiger partial charge is 0.382 e. The summed E-state index contributed by atoms with van der Waals surface area (Å²) in [7, 11) is -2.14. The molecule has 0 saturated heterocycles. The van der Waals surface area contributed by atoms with Crippen LogP contribution < -0.4 is 21.5 Å². The monoisotopic (exact) mass is 481 g/mol. The Balaban J connectivity index is 1.53. The van der Waals surface area contributed by atoms with E-state index in [-0.39, 0.29) is 22.8 Å². The number of primary sulfonamides is 1. The van der Waals surface area contributed by atoms with E-state index in [2.05, 4.69) is 30.7 Å². The summed E-state index contributed by atoms with van der Waals surface area (Å²) in [5, 5.41) is 15.8. The van der Waals surface area contributed by atoms with Crippen molar-refractivity contribution < 1.29 is 13.2 Å². The maximum atomic E-state index is 11.4. The van der Waals surface area contributed by atoms with Crippen LogP contribution in [-0.4, -0.2) is 46.9 Å². The summed E-state index contributed by atoms with van der Waals surface area (Å²) in [6, 6.07) is 17.3. The standard InChI is InChI=1S/C21H23N9O3S/c1-33-12-17(14-5-3-2-4-6-14)27-18-11-19(25-13-24-18)30-20(22)28-21(29-30)26-15-7-9-16(10-8-15)34(23,31)32/h2-11,13,17H,12H2,1H3,(H2,23,31,32)(H,24,25,27)(H3,22,26,28,29)/t17-/m0/s1. The molecule has 0 bridgehead atoms. The lowest BCUT2D eigenvalue weighted by Crippen LogP contribution is -2.17. The lowest BCUT2D eigenvalue weighted by Gasteiger charge is -2.19. The molecule has 0 aliphatic rings. The Morgan fingerprint density at radius 3 is 2.50 bits per heavy atom. The molecule has 0 fully saturated rings. The van der Waals surface area contributed by atoms with Crippen LogP contribution in [0.25, 0.3) is 5.82 Å². The van der Waals surface area contributed by atoms with Gasteiger partial charge in [0.25, 0.3) is 0 Å². The molecule has 0 aliphatic heterocycles. The Bertz CT molecular complexity index is 1360. The molecule has 4 aromatic rings. The molecule has 13 heteroatoms. The van der Waals surface area contributed by atoms with E-state index in [1.807, 2.05) is 30.3 Å². The van der Waals surface area contributed by atoms with Crippen molar-refractivity contribution in [3.63, 3.8) is 0 Å². The zero-order chi connectivity index (χ0) is 24.1. The molecule has 0 radical (unpaired) electrons. The van der Waals surface area contributed by atoms with Crippen molar-refractivity contribution in [3.8, 4) is 5.82 Å². The number of nitrogens with one attached hydrogen (secondary N) is 2. The Labute approximate surface area is 196 Å². The average Bonchev–Trinajstić information content (AvgIpc) is 3.19. The topological polar surface area (TPSA) is 176 Å². The Morgan fingerprint density at radius 1 is 1.09 bits per heavy atom. The van der Waals surface area contributed by atoms with Gasteiger partial charge in [-0.15, -0.1) is 5.10 Å². The highest BCUT2D eigenvalue weighted by Gasteiger charge is 2.15. The fourth-order valence-corrected chi connectivity index (χ4v) is 3.71. The van der Waals surface area contributed by atoms with Gasteiger partial charge in [-0.05, 0) is 29.8 Å². The highest BCUT2D eigenvalue weighted by atomic mass is 32.2. The van der Waals surface area contributed by atoms with Gasteiger partial charge in [0.15, 0.2) is 5.82 Å². The number of hydrogen-bond acceptors (Lipinski definition) is 10. The molecular weight excluding hydrogens is 458 g/mol. The lowest BCUT2D eigenvalue weighted by molar-refractivity contribution is 0.186. The molecule has 2 aromatic carbocycles. The predicted molar refractivity (Wildman–Crippen MR) is 127 cm³/mol. The van der Waals surface area contributed by atoms with Crippen LogP contribution in [0.5, 0.6) is 0 Å². The number of sulfonamides is 1. The summed E-state index contributed by atoms with van der Waals surface area (Å²) in [6.45, 7) is 0.438. The molecule has 2 heterocycles. The predicted octanol–water partition coefficient (Wildman–Crippen LogP) is 1.83. The van der Waals surface area contributed by atoms with Crippen LogP contribution >= 0.6 is 0 Å². The van der Waals surface area contributed by atoms with Crippen molar-refractivity contribution in [3.05, 3.63) is 72.6 Å². The first-order valence-electron chi connectivity index (χ1n) is 10.1. The lowest BCUT2D eigenvalue weighted by atomic mass is 10.1. The first kappa shape index (κ1) is 23.1. The molecule has 0 saturated carbocycles. The molecule has 176 valence electrons. The van der Waals surface area contributed by atoms with E-state index >= 15 is 0 Å². The van der Waals surface area contributed by atoms with Crippen molar-refractivity contribution in [2.45, 2.75) is 10.9 Å². The normalized spacial score (nSPS) is 12.3. The van der Waals surface area contributed by atoms with E-state index in [1.54, 1.807) is 25.3 Å².